The Morgan fingerprint density at radius 3 is 2.70 bits per heavy atom. The van der Waals surface area contributed by atoms with Crippen molar-refractivity contribution in [2.75, 3.05) is 19.8 Å². The highest BCUT2D eigenvalue weighted by atomic mass is 32.2. The van der Waals surface area contributed by atoms with E-state index in [0.717, 1.165) is 16.4 Å². The Morgan fingerprint density at radius 1 is 1.40 bits per heavy atom. The molecule has 0 saturated carbocycles. The van der Waals surface area contributed by atoms with Crippen molar-refractivity contribution < 1.29 is 27.0 Å². The largest absolute Gasteiger partial charge is 0.394 e. The lowest BCUT2D eigenvalue weighted by molar-refractivity contribution is -0.0516. The zero-order chi connectivity index (χ0) is 14.9. The second-order valence-electron chi connectivity index (χ2n) is 4.64. The molecule has 1 aliphatic rings. The van der Waals surface area contributed by atoms with Crippen molar-refractivity contribution in [2.24, 2.45) is 0 Å². The molecule has 5 nitrogen and oxygen atoms in total. The first-order valence-electron chi connectivity index (χ1n) is 6.05. The van der Waals surface area contributed by atoms with Crippen molar-refractivity contribution in [3.63, 3.8) is 0 Å². The molecule has 0 bridgehead atoms. The summed E-state index contributed by atoms with van der Waals surface area (Å²) in [6, 6.07) is 2.00. The smallest absolute Gasteiger partial charge is 0.243 e. The van der Waals surface area contributed by atoms with Crippen LogP contribution in [0.2, 0.25) is 0 Å². The normalized spacial score (nSPS) is 24.8. The molecule has 2 atom stereocenters. The van der Waals surface area contributed by atoms with Gasteiger partial charge < -0.3 is 9.84 Å². The van der Waals surface area contributed by atoms with Crippen LogP contribution in [0.4, 0.5) is 8.78 Å². The van der Waals surface area contributed by atoms with Gasteiger partial charge in [-0.05, 0) is 25.1 Å². The second-order valence-corrected chi connectivity index (χ2v) is 6.53. The average molecular weight is 307 g/mol. The van der Waals surface area contributed by atoms with Gasteiger partial charge >= 0.3 is 0 Å². The van der Waals surface area contributed by atoms with Crippen LogP contribution in [-0.4, -0.2) is 49.7 Å². The summed E-state index contributed by atoms with van der Waals surface area (Å²) in [5.41, 5.74) is 0. The van der Waals surface area contributed by atoms with Crippen LogP contribution in [0, 0.1) is 11.6 Å². The predicted octanol–water partition coefficient (Wildman–Crippen LogP) is 0.735. The van der Waals surface area contributed by atoms with E-state index in [1.807, 2.05) is 0 Å². The van der Waals surface area contributed by atoms with E-state index < -0.39 is 33.8 Å². The van der Waals surface area contributed by atoms with Gasteiger partial charge in [-0.2, -0.15) is 4.31 Å². The number of benzene rings is 1. The number of aliphatic hydroxyl groups is 1. The van der Waals surface area contributed by atoms with Gasteiger partial charge in [-0.1, -0.05) is 0 Å². The number of ether oxygens (including phenoxy) is 1. The highest BCUT2D eigenvalue weighted by Gasteiger charge is 2.35. The van der Waals surface area contributed by atoms with Crippen LogP contribution in [0.25, 0.3) is 0 Å². The number of sulfonamides is 1. The molecular formula is C12H15F2NO4S. The third kappa shape index (κ3) is 2.83. The van der Waals surface area contributed by atoms with Crippen molar-refractivity contribution in [1.29, 1.82) is 0 Å². The maximum absolute atomic E-state index is 13.2. The topological polar surface area (TPSA) is 66.8 Å². The Kier molecular flexibility index (Phi) is 4.38. The Bertz CT molecular complexity index is 593. The van der Waals surface area contributed by atoms with Crippen LogP contribution in [-0.2, 0) is 14.8 Å². The molecule has 0 radical (unpaired) electrons. The molecule has 0 spiro atoms. The minimum Gasteiger partial charge on any atom is -0.394 e. The van der Waals surface area contributed by atoms with E-state index in [-0.39, 0.29) is 24.7 Å². The fraction of sp³-hybridized carbons (Fsp3) is 0.500. The maximum Gasteiger partial charge on any atom is 0.243 e. The predicted molar refractivity (Wildman–Crippen MR) is 66.5 cm³/mol. The summed E-state index contributed by atoms with van der Waals surface area (Å²) in [5.74, 6) is -2.32. The molecule has 2 rings (SSSR count). The van der Waals surface area contributed by atoms with Crippen molar-refractivity contribution in [3.05, 3.63) is 29.8 Å². The first-order chi connectivity index (χ1) is 9.36. The number of rotatable bonds is 3. The Morgan fingerprint density at radius 2 is 2.10 bits per heavy atom. The van der Waals surface area contributed by atoms with Crippen LogP contribution in [0.3, 0.4) is 0 Å². The van der Waals surface area contributed by atoms with Crippen LogP contribution in [0.15, 0.2) is 23.1 Å². The van der Waals surface area contributed by atoms with Gasteiger partial charge in [0, 0.05) is 12.6 Å². The van der Waals surface area contributed by atoms with E-state index in [1.165, 1.54) is 0 Å². The zero-order valence-corrected chi connectivity index (χ0v) is 11.6. The minimum atomic E-state index is -3.96. The monoisotopic (exact) mass is 307 g/mol. The van der Waals surface area contributed by atoms with E-state index in [4.69, 9.17) is 9.84 Å². The fourth-order valence-corrected chi connectivity index (χ4v) is 3.67. The molecule has 0 aromatic heterocycles. The molecule has 1 heterocycles. The number of hydrogen-bond acceptors (Lipinski definition) is 4. The first-order valence-corrected chi connectivity index (χ1v) is 7.49. The molecule has 1 fully saturated rings. The van der Waals surface area contributed by atoms with E-state index in [9.17, 15) is 17.2 Å². The van der Waals surface area contributed by atoms with E-state index >= 15 is 0 Å². The number of aliphatic hydroxyl groups excluding tert-OH is 1. The van der Waals surface area contributed by atoms with Gasteiger partial charge in [0.1, 0.15) is 0 Å². The summed E-state index contributed by atoms with van der Waals surface area (Å²) in [4.78, 5) is -0.318. The van der Waals surface area contributed by atoms with Crippen LogP contribution >= 0.6 is 0 Å². The molecule has 20 heavy (non-hydrogen) atoms. The molecule has 1 saturated heterocycles. The Hall–Kier alpha value is -1.09. The molecule has 0 amide bonds. The first kappa shape index (κ1) is 15.3. The second kappa shape index (κ2) is 5.72. The Labute approximate surface area is 115 Å². The number of morpholine rings is 1. The fourth-order valence-electron chi connectivity index (χ4n) is 2.01. The van der Waals surface area contributed by atoms with Crippen LogP contribution in [0.5, 0.6) is 0 Å². The summed E-state index contributed by atoms with van der Waals surface area (Å²) >= 11 is 0. The van der Waals surface area contributed by atoms with E-state index in [2.05, 4.69) is 0 Å². The number of hydrogen-bond donors (Lipinski definition) is 1. The summed E-state index contributed by atoms with van der Waals surface area (Å²) < 4.78 is 57.3. The molecule has 112 valence electrons. The third-order valence-electron chi connectivity index (χ3n) is 3.15. The summed E-state index contributed by atoms with van der Waals surface area (Å²) in [7, 11) is -3.96. The SMILES string of the molecule is CC1COC(CO)CN1S(=O)(=O)c1ccc(F)c(F)c1. The molecule has 0 aliphatic carbocycles. The van der Waals surface area contributed by atoms with Gasteiger partial charge in [0.2, 0.25) is 10.0 Å². The number of nitrogens with zero attached hydrogens (tertiary/aromatic N) is 1. The maximum atomic E-state index is 13.2. The summed E-state index contributed by atoms with van der Waals surface area (Å²) in [6.07, 6.45) is -0.619. The lowest BCUT2D eigenvalue weighted by atomic mass is 10.2. The molecule has 1 N–H and O–H groups in total. The minimum absolute atomic E-state index is 0.0288. The molecule has 8 heteroatoms. The van der Waals surface area contributed by atoms with Gasteiger partial charge in [-0.25, -0.2) is 17.2 Å². The molecule has 1 aromatic rings. The van der Waals surface area contributed by atoms with Crippen molar-refractivity contribution >= 4 is 10.0 Å². The van der Waals surface area contributed by atoms with Crippen molar-refractivity contribution in [3.8, 4) is 0 Å². The number of halogens is 2. The van der Waals surface area contributed by atoms with Crippen molar-refractivity contribution in [1.82, 2.24) is 4.31 Å². The third-order valence-corrected chi connectivity index (χ3v) is 5.13. The van der Waals surface area contributed by atoms with E-state index in [1.54, 1.807) is 6.92 Å². The van der Waals surface area contributed by atoms with Crippen LogP contribution in [0.1, 0.15) is 6.92 Å². The average Bonchev–Trinajstić information content (AvgIpc) is 2.42. The molecule has 2 unspecified atom stereocenters. The molecule has 1 aromatic carbocycles. The van der Waals surface area contributed by atoms with E-state index in [0.29, 0.717) is 6.07 Å². The summed E-state index contributed by atoms with van der Waals surface area (Å²) in [6.45, 7) is 1.44. The molecule has 1 aliphatic heterocycles. The summed E-state index contributed by atoms with van der Waals surface area (Å²) in [5, 5.41) is 9.06. The molecular weight excluding hydrogens is 292 g/mol. The lowest BCUT2D eigenvalue weighted by Gasteiger charge is -2.36. The lowest BCUT2D eigenvalue weighted by Crippen LogP contribution is -2.51. The quantitative estimate of drug-likeness (QED) is 0.894. The zero-order valence-electron chi connectivity index (χ0n) is 10.8. The van der Waals surface area contributed by atoms with Gasteiger partial charge in [0.25, 0.3) is 0 Å². The highest BCUT2D eigenvalue weighted by molar-refractivity contribution is 7.89. The Balaban J connectivity index is 2.35. The highest BCUT2D eigenvalue weighted by Crippen LogP contribution is 2.23. The van der Waals surface area contributed by atoms with Gasteiger partial charge in [0.15, 0.2) is 11.6 Å². The van der Waals surface area contributed by atoms with Crippen molar-refractivity contribution in [2.45, 2.75) is 24.0 Å². The van der Waals surface area contributed by atoms with Gasteiger partial charge in [-0.15, -0.1) is 0 Å². The van der Waals surface area contributed by atoms with Gasteiger partial charge in [-0.3, -0.25) is 0 Å². The van der Waals surface area contributed by atoms with Crippen LogP contribution < -0.4 is 0 Å². The standard InChI is InChI=1S/C12H15F2NO4S/c1-8-7-19-9(6-16)5-15(8)20(17,18)10-2-3-11(13)12(14)4-10/h2-4,8-9,16H,5-7H2,1H3. The van der Waals surface area contributed by atoms with Gasteiger partial charge in [0.05, 0.1) is 24.2 Å².